The van der Waals surface area contributed by atoms with Crippen LogP contribution in [0.3, 0.4) is 0 Å². The fourth-order valence-corrected chi connectivity index (χ4v) is 6.36. The first-order valence-electron chi connectivity index (χ1n) is 10.2. The summed E-state index contributed by atoms with van der Waals surface area (Å²) in [6.07, 6.45) is 7.19. The molecule has 0 aromatic heterocycles. The number of nitrogens with two attached hydrogens (primary N) is 1. The summed E-state index contributed by atoms with van der Waals surface area (Å²) in [6.45, 7) is 3.48. The molecule has 4 nitrogen and oxygen atoms in total. The van der Waals surface area contributed by atoms with Gasteiger partial charge in [-0.05, 0) is 80.7 Å². The molecule has 1 heterocycles. The van der Waals surface area contributed by atoms with Crippen LogP contribution in [0, 0.1) is 11.8 Å². The molecule has 2 saturated carbocycles. The molecule has 0 spiro atoms. The zero-order valence-electron chi connectivity index (χ0n) is 15.5. The molecular formula is C22H28N2O2. The first kappa shape index (κ1) is 16.5. The highest BCUT2D eigenvalue weighted by Crippen LogP contribution is 2.56. The summed E-state index contributed by atoms with van der Waals surface area (Å²) in [5, 5.41) is 0. The molecule has 3 fully saturated rings. The van der Waals surface area contributed by atoms with Crippen molar-refractivity contribution in [1.29, 1.82) is 0 Å². The van der Waals surface area contributed by atoms with E-state index in [1.165, 1.54) is 24.0 Å². The summed E-state index contributed by atoms with van der Waals surface area (Å²) in [5.74, 6) is 1.42. The molecule has 4 aliphatic rings. The number of nitrogens with zero attached hydrogens (tertiary/aromatic N) is 1. The van der Waals surface area contributed by atoms with E-state index >= 15 is 0 Å². The van der Waals surface area contributed by atoms with E-state index in [2.05, 4.69) is 17.9 Å². The van der Waals surface area contributed by atoms with Crippen molar-refractivity contribution in [3.05, 3.63) is 34.9 Å². The van der Waals surface area contributed by atoms with Gasteiger partial charge in [-0.3, -0.25) is 14.5 Å². The number of primary amides is 1. The van der Waals surface area contributed by atoms with Gasteiger partial charge in [-0.15, -0.1) is 0 Å². The standard InChI is InChI=1S/C22H28N2O2/c1-13(14-2-3-14)24-9-8-22-12-17(25)6-7-18(22)20(24)11-15-4-5-16(21(23)26)10-19(15)22/h4-5,10,13-14,18,20H,2-3,6-9,11-12H2,1H3,(H2,23,26). The van der Waals surface area contributed by atoms with Crippen LogP contribution >= 0.6 is 0 Å². The third kappa shape index (κ3) is 2.31. The van der Waals surface area contributed by atoms with Crippen molar-refractivity contribution in [3.63, 3.8) is 0 Å². The third-order valence-electron chi connectivity index (χ3n) is 7.85. The lowest BCUT2D eigenvalue weighted by Crippen LogP contribution is -2.63. The van der Waals surface area contributed by atoms with Crippen molar-refractivity contribution in [2.75, 3.05) is 6.54 Å². The molecule has 4 unspecified atom stereocenters. The highest BCUT2D eigenvalue weighted by Gasteiger charge is 2.56. The van der Waals surface area contributed by atoms with Crippen molar-refractivity contribution in [2.45, 2.75) is 69.4 Å². The van der Waals surface area contributed by atoms with Gasteiger partial charge in [-0.1, -0.05) is 6.07 Å². The molecule has 3 aliphatic carbocycles. The maximum Gasteiger partial charge on any atom is 0.248 e. The van der Waals surface area contributed by atoms with Crippen LogP contribution in [0.1, 0.15) is 66.9 Å². The number of piperidine rings is 1. The summed E-state index contributed by atoms with van der Waals surface area (Å²) >= 11 is 0. The first-order valence-corrected chi connectivity index (χ1v) is 10.2. The van der Waals surface area contributed by atoms with Gasteiger partial charge in [0.15, 0.2) is 0 Å². The van der Waals surface area contributed by atoms with Crippen molar-refractivity contribution >= 4 is 11.7 Å². The number of benzene rings is 1. The molecule has 26 heavy (non-hydrogen) atoms. The second kappa shape index (κ2) is 5.66. The fourth-order valence-electron chi connectivity index (χ4n) is 6.36. The zero-order valence-corrected chi connectivity index (χ0v) is 15.5. The van der Waals surface area contributed by atoms with Gasteiger partial charge in [-0.25, -0.2) is 0 Å². The van der Waals surface area contributed by atoms with E-state index in [9.17, 15) is 9.59 Å². The van der Waals surface area contributed by atoms with E-state index < -0.39 is 0 Å². The fraction of sp³-hybridized carbons (Fsp3) is 0.636. The van der Waals surface area contributed by atoms with Crippen LogP contribution in [0.4, 0.5) is 0 Å². The third-order valence-corrected chi connectivity index (χ3v) is 7.85. The zero-order chi connectivity index (χ0) is 18.1. The van der Waals surface area contributed by atoms with Gasteiger partial charge in [0, 0.05) is 35.9 Å². The van der Waals surface area contributed by atoms with Crippen LogP contribution < -0.4 is 5.73 Å². The largest absolute Gasteiger partial charge is 0.366 e. The van der Waals surface area contributed by atoms with E-state index in [4.69, 9.17) is 5.73 Å². The second-order valence-electron chi connectivity index (χ2n) is 9.09. The van der Waals surface area contributed by atoms with Crippen LogP contribution in [-0.2, 0) is 16.6 Å². The quantitative estimate of drug-likeness (QED) is 0.910. The second-order valence-corrected chi connectivity index (χ2v) is 9.09. The highest BCUT2D eigenvalue weighted by molar-refractivity contribution is 5.93. The van der Waals surface area contributed by atoms with Crippen molar-refractivity contribution in [2.24, 2.45) is 17.6 Å². The van der Waals surface area contributed by atoms with E-state index in [1.54, 1.807) is 0 Å². The minimum atomic E-state index is -0.371. The number of fused-ring (bicyclic) bond motifs is 1. The predicted molar refractivity (Wildman–Crippen MR) is 100.0 cm³/mol. The number of carbonyl (C=O) groups excluding carboxylic acids is 2. The predicted octanol–water partition coefficient (Wildman–Crippen LogP) is 2.82. The average Bonchev–Trinajstić information content (AvgIpc) is 3.45. The lowest BCUT2D eigenvalue weighted by Gasteiger charge is -2.60. The van der Waals surface area contributed by atoms with Crippen LogP contribution in [-0.4, -0.2) is 35.2 Å². The number of likely N-dealkylation sites (tertiary alicyclic amines) is 1. The molecule has 5 rings (SSSR count). The Bertz CT molecular complexity index is 784. The van der Waals surface area contributed by atoms with Gasteiger partial charge in [0.2, 0.25) is 5.91 Å². The van der Waals surface area contributed by atoms with Crippen LogP contribution in [0.2, 0.25) is 0 Å². The van der Waals surface area contributed by atoms with Gasteiger partial charge in [0.25, 0.3) is 0 Å². The van der Waals surface area contributed by atoms with Crippen LogP contribution in [0.5, 0.6) is 0 Å². The van der Waals surface area contributed by atoms with Crippen molar-refractivity contribution < 1.29 is 9.59 Å². The Kier molecular flexibility index (Phi) is 3.59. The Morgan fingerprint density at radius 3 is 2.85 bits per heavy atom. The van der Waals surface area contributed by atoms with E-state index in [-0.39, 0.29) is 11.3 Å². The number of rotatable bonds is 3. The summed E-state index contributed by atoms with van der Waals surface area (Å²) in [7, 11) is 0. The number of ketones is 1. The molecule has 1 aliphatic heterocycles. The molecule has 2 N–H and O–H groups in total. The van der Waals surface area contributed by atoms with Gasteiger partial charge >= 0.3 is 0 Å². The van der Waals surface area contributed by atoms with Crippen molar-refractivity contribution in [3.8, 4) is 0 Å². The smallest absolute Gasteiger partial charge is 0.248 e. The molecule has 1 aromatic carbocycles. The molecule has 1 aromatic rings. The van der Waals surface area contributed by atoms with Crippen molar-refractivity contribution in [1.82, 2.24) is 4.90 Å². The Hall–Kier alpha value is -1.68. The van der Waals surface area contributed by atoms with E-state index in [0.717, 1.165) is 38.1 Å². The van der Waals surface area contributed by atoms with Crippen LogP contribution in [0.15, 0.2) is 18.2 Å². The Morgan fingerprint density at radius 2 is 2.12 bits per heavy atom. The SMILES string of the molecule is CC(C1CC1)N1CCC23CC(=O)CCC2C1Cc1ccc(C(N)=O)cc13. The minimum absolute atomic E-state index is 0.0706. The number of hydrogen-bond acceptors (Lipinski definition) is 3. The molecule has 4 atom stereocenters. The molecule has 2 bridgehead atoms. The molecule has 138 valence electrons. The van der Waals surface area contributed by atoms with E-state index in [1.807, 2.05) is 12.1 Å². The van der Waals surface area contributed by atoms with Gasteiger partial charge in [0.1, 0.15) is 5.78 Å². The molecule has 1 saturated heterocycles. The highest BCUT2D eigenvalue weighted by atomic mass is 16.1. The lowest BCUT2D eigenvalue weighted by molar-refractivity contribution is -0.128. The summed E-state index contributed by atoms with van der Waals surface area (Å²) in [6, 6.07) is 7.18. The number of carbonyl (C=O) groups is 2. The lowest BCUT2D eigenvalue weighted by atomic mass is 9.52. The maximum atomic E-state index is 12.5. The van der Waals surface area contributed by atoms with E-state index in [0.29, 0.717) is 35.8 Å². The van der Waals surface area contributed by atoms with Gasteiger partial charge < -0.3 is 5.73 Å². The Morgan fingerprint density at radius 1 is 1.31 bits per heavy atom. The maximum absolute atomic E-state index is 12.5. The summed E-state index contributed by atoms with van der Waals surface area (Å²) < 4.78 is 0. The molecule has 1 amide bonds. The van der Waals surface area contributed by atoms with Gasteiger partial charge in [0.05, 0.1) is 0 Å². The van der Waals surface area contributed by atoms with Crippen LogP contribution in [0.25, 0.3) is 0 Å². The normalized spacial score (nSPS) is 34.7. The molecular weight excluding hydrogens is 324 g/mol. The summed E-state index contributed by atoms with van der Waals surface area (Å²) in [5.41, 5.74) is 8.65. The monoisotopic (exact) mass is 352 g/mol. The number of hydrogen-bond donors (Lipinski definition) is 1. The average molecular weight is 352 g/mol. The molecule has 0 radical (unpaired) electrons. The number of amides is 1. The topological polar surface area (TPSA) is 63.4 Å². The van der Waals surface area contributed by atoms with Gasteiger partial charge in [-0.2, -0.15) is 0 Å². The number of Topliss-reactive ketones (excluding diaryl/α,β-unsaturated/α-hetero) is 1. The Balaban J connectivity index is 1.61. The Labute approximate surface area is 155 Å². The first-order chi connectivity index (χ1) is 12.5. The molecule has 4 heteroatoms. The summed E-state index contributed by atoms with van der Waals surface area (Å²) in [4.78, 5) is 27.0. The minimum Gasteiger partial charge on any atom is -0.366 e.